The molecule has 0 fully saturated rings. The molecular formula is C12H15F3LiNO5S. The molecule has 6 nitrogen and oxygen atoms in total. The van der Waals surface area contributed by atoms with Gasteiger partial charge in [0, 0.05) is 0 Å². The third kappa shape index (κ3) is 8.15. The summed E-state index contributed by atoms with van der Waals surface area (Å²) in [6.07, 6.45) is -4.68. The van der Waals surface area contributed by atoms with Crippen LogP contribution < -0.4 is 28.3 Å². The van der Waals surface area contributed by atoms with Crippen molar-refractivity contribution < 1.29 is 56.1 Å². The molecule has 1 N–H and O–H groups in total. The minimum absolute atomic E-state index is 0. The van der Waals surface area contributed by atoms with Gasteiger partial charge in [-0.05, 0) is 30.7 Å². The van der Waals surface area contributed by atoms with Crippen molar-refractivity contribution in [2.75, 3.05) is 6.61 Å². The second-order valence-corrected chi connectivity index (χ2v) is 5.80. The summed E-state index contributed by atoms with van der Waals surface area (Å²) in [5.41, 5.74) is 0. The summed E-state index contributed by atoms with van der Waals surface area (Å²) in [4.78, 5) is 10.9. The van der Waals surface area contributed by atoms with Gasteiger partial charge in [0.25, 0.3) is 10.0 Å². The molecule has 0 aromatic heterocycles. The van der Waals surface area contributed by atoms with Crippen LogP contribution in [-0.2, 0) is 14.8 Å². The molecule has 0 saturated carbocycles. The zero-order valence-electron chi connectivity index (χ0n) is 13.5. The molecule has 0 saturated heterocycles. The minimum atomic E-state index is -4.87. The molecule has 0 aliphatic rings. The molecule has 0 aliphatic heterocycles. The van der Waals surface area contributed by atoms with Crippen molar-refractivity contribution in [2.24, 2.45) is 0 Å². The number of rotatable bonds is 6. The molecule has 23 heavy (non-hydrogen) atoms. The van der Waals surface area contributed by atoms with Gasteiger partial charge in [-0.15, -0.1) is 13.2 Å². The standard InChI is InChI=1S/C12H14F3NO5S.Li.H/c1-2-3-8-20-11(17)16-22(18,19)10-6-4-9(5-7-10)21-12(13,14)15;;/h4-7H,2-3,8H2,1H3,(H,16,17);;/q;+1;-1. The van der Waals surface area contributed by atoms with Gasteiger partial charge in [-0.1, -0.05) is 13.3 Å². The van der Waals surface area contributed by atoms with Crippen molar-refractivity contribution in [2.45, 2.75) is 31.0 Å². The summed E-state index contributed by atoms with van der Waals surface area (Å²) in [5, 5.41) is 0. The maximum Gasteiger partial charge on any atom is 1.00 e. The van der Waals surface area contributed by atoms with Crippen molar-refractivity contribution in [1.82, 2.24) is 4.72 Å². The van der Waals surface area contributed by atoms with Crippen molar-refractivity contribution in [3.05, 3.63) is 24.3 Å². The summed E-state index contributed by atoms with van der Waals surface area (Å²) in [5.74, 6) is -0.572. The third-order valence-corrected chi connectivity index (χ3v) is 3.64. The number of hydrogen-bond acceptors (Lipinski definition) is 5. The molecule has 0 aliphatic carbocycles. The van der Waals surface area contributed by atoms with E-state index in [1.54, 1.807) is 4.72 Å². The van der Waals surface area contributed by atoms with Gasteiger partial charge in [0.15, 0.2) is 0 Å². The number of unbranched alkanes of at least 4 members (excludes halogenated alkanes) is 1. The van der Waals surface area contributed by atoms with Crippen LogP contribution in [0.2, 0.25) is 0 Å². The van der Waals surface area contributed by atoms with Gasteiger partial charge in [0.2, 0.25) is 0 Å². The number of amides is 1. The van der Waals surface area contributed by atoms with Crippen LogP contribution in [0.5, 0.6) is 5.75 Å². The largest absolute Gasteiger partial charge is 1.00 e. The SMILES string of the molecule is CCCCOC(=O)NS(=O)(=O)c1ccc(OC(F)(F)F)cc1.[H-].[Li+]. The van der Waals surface area contributed by atoms with E-state index in [4.69, 9.17) is 0 Å². The normalized spacial score (nSPS) is 11.3. The fraction of sp³-hybridized carbons (Fsp3) is 0.417. The maximum atomic E-state index is 12.0. The van der Waals surface area contributed by atoms with Crippen LogP contribution in [0.1, 0.15) is 21.2 Å². The Hall–Kier alpha value is -1.37. The first-order valence-electron chi connectivity index (χ1n) is 6.19. The predicted molar refractivity (Wildman–Crippen MR) is 70.8 cm³/mol. The first kappa shape index (κ1) is 21.6. The van der Waals surface area contributed by atoms with Crippen LogP contribution in [0.15, 0.2) is 29.2 Å². The number of carbonyl (C=O) groups is 1. The summed E-state index contributed by atoms with van der Waals surface area (Å²) in [6.45, 7) is 1.93. The van der Waals surface area contributed by atoms with E-state index in [1.165, 1.54) is 0 Å². The smallest absolute Gasteiger partial charge is 1.00 e. The van der Waals surface area contributed by atoms with Crippen LogP contribution in [0, 0.1) is 0 Å². The van der Waals surface area contributed by atoms with Gasteiger partial charge in [0.05, 0.1) is 11.5 Å². The van der Waals surface area contributed by atoms with Crippen LogP contribution >= 0.6 is 0 Å². The molecule has 126 valence electrons. The Morgan fingerprint density at radius 3 is 2.30 bits per heavy atom. The molecule has 0 radical (unpaired) electrons. The Labute approximate surface area is 145 Å². The van der Waals surface area contributed by atoms with E-state index < -0.39 is 33.1 Å². The van der Waals surface area contributed by atoms with Gasteiger partial charge in [-0.3, -0.25) is 0 Å². The van der Waals surface area contributed by atoms with E-state index in [1.807, 2.05) is 6.92 Å². The number of hydrogen-bond donors (Lipinski definition) is 1. The molecule has 11 heteroatoms. The number of ether oxygens (including phenoxy) is 2. The van der Waals surface area contributed by atoms with Crippen molar-refractivity contribution in [1.29, 1.82) is 0 Å². The predicted octanol–water partition coefficient (Wildman–Crippen LogP) is -0.0833. The molecule has 0 unspecified atom stereocenters. The van der Waals surface area contributed by atoms with Gasteiger partial charge >= 0.3 is 31.3 Å². The third-order valence-electron chi connectivity index (χ3n) is 2.32. The van der Waals surface area contributed by atoms with E-state index in [0.717, 1.165) is 30.7 Å². The average Bonchev–Trinajstić information content (AvgIpc) is 2.37. The molecule has 0 heterocycles. The topological polar surface area (TPSA) is 81.7 Å². The van der Waals surface area contributed by atoms with Crippen molar-refractivity contribution in [3.8, 4) is 5.75 Å². The second-order valence-electron chi connectivity index (χ2n) is 4.11. The number of sulfonamides is 1. The molecule has 1 aromatic rings. The minimum Gasteiger partial charge on any atom is -1.00 e. The quantitative estimate of drug-likeness (QED) is 0.574. The summed E-state index contributed by atoms with van der Waals surface area (Å²) >= 11 is 0. The number of nitrogens with one attached hydrogen (secondary N) is 1. The first-order chi connectivity index (χ1) is 10.1. The molecular weight excluding hydrogens is 334 g/mol. The van der Waals surface area contributed by atoms with E-state index in [-0.39, 0.29) is 26.9 Å². The Bertz CT molecular complexity index is 610. The number of alkyl halides is 3. The fourth-order valence-electron chi connectivity index (χ4n) is 1.33. The van der Waals surface area contributed by atoms with E-state index in [0.29, 0.717) is 6.42 Å². The van der Waals surface area contributed by atoms with Crippen LogP contribution in [0.25, 0.3) is 0 Å². The van der Waals surface area contributed by atoms with Gasteiger partial charge in [-0.25, -0.2) is 17.9 Å². The Balaban J connectivity index is 0. The Kier molecular flexibility index (Phi) is 8.51. The maximum absolute atomic E-state index is 12.0. The van der Waals surface area contributed by atoms with Gasteiger partial charge in [-0.2, -0.15) is 0 Å². The monoisotopic (exact) mass is 349 g/mol. The van der Waals surface area contributed by atoms with Crippen LogP contribution in [-0.4, -0.2) is 27.5 Å². The Morgan fingerprint density at radius 1 is 1.26 bits per heavy atom. The average molecular weight is 349 g/mol. The fourth-order valence-corrected chi connectivity index (χ4v) is 2.22. The summed E-state index contributed by atoms with van der Waals surface area (Å²) in [6, 6.07) is 3.40. The van der Waals surface area contributed by atoms with Gasteiger partial charge in [0.1, 0.15) is 5.75 Å². The number of halogens is 3. The van der Waals surface area contributed by atoms with E-state index in [9.17, 15) is 26.4 Å². The van der Waals surface area contributed by atoms with E-state index in [2.05, 4.69) is 9.47 Å². The molecule has 1 amide bonds. The van der Waals surface area contributed by atoms with Crippen molar-refractivity contribution in [3.63, 3.8) is 0 Å². The van der Waals surface area contributed by atoms with Gasteiger partial charge < -0.3 is 10.9 Å². The summed E-state index contributed by atoms with van der Waals surface area (Å²) in [7, 11) is -4.22. The second kappa shape index (κ2) is 9.05. The first-order valence-corrected chi connectivity index (χ1v) is 7.68. The van der Waals surface area contributed by atoms with Crippen LogP contribution in [0.3, 0.4) is 0 Å². The van der Waals surface area contributed by atoms with Crippen molar-refractivity contribution >= 4 is 16.1 Å². The molecule has 0 atom stereocenters. The number of benzene rings is 1. The molecule has 0 spiro atoms. The molecule has 1 aromatic carbocycles. The Morgan fingerprint density at radius 2 is 1.83 bits per heavy atom. The molecule has 1 rings (SSSR count). The van der Waals surface area contributed by atoms with E-state index >= 15 is 0 Å². The molecule has 0 bridgehead atoms. The zero-order valence-corrected chi connectivity index (χ0v) is 13.3. The number of carbonyl (C=O) groups excluding carboxylic acids is 1. The van der Waals surface area contributed by atoms with Crippen LogP contribution in [0.4, 0.5) is 18.0 Å². The zero-order chi connectivity index (χ0) is 16.8. The summed E-state index contributed by atoms with van der Waals surface area (Å²) < 4.78 is 69.4.